The molecule has 0 aliphatic rings. The van der Waals surface area contributed by atoms with Crippen molar-refractivity contribution in [3.8, 4) is 5.69 Å². The third kappa shape index (κ3) is 6.09. The summed E-state index contributed by atoms with van der Waals surface area (Å²) in [6, 6.07) is 2.88. The summed E-state index contributed by atoms with van der Waals surface area (Å²) in [5, 5.41) is 1.31. The van der Waals surface area contributed by atoms with Gasteiger partial charge in [-0.1, -0.05) is 11.6 Å². The van der Waals surface area contributed by atoms with Crippen LogP contribution in [0.15, 0.2) is 50.6 Å². The van der Waals surface area contributed by atoms with Gasteiger partial charge in [0, 0.05) is 6.26 Å². The maximum atomic E-state index is 13.6. The molecule has 206 valence electrons. The van der Waals surface area contributed by atoms with Gasteiger partial charge in [0.05, 0.1) is 32.4 Å². The first-order valence-corrected chi connectivity index (χ1v) is 12.6. The van der Waals surface area contributed by atoms with Crippen molar-refractivity contribution < 1.29 is 47.9 Å². The van der Waals surface area contributed by atoms with Crippen molar-refractivity contribution in [2.75, 3.05) is 11.6 Å². The Bertz CT molecular complexity index is 1580. The maximum absolute atomic E-state index is 13.6. The Morgan fingerprint density at radius 1 is 0.921 bits per heavy atom. The van der Waals surface area contributed by atoms with Crippen molar-refractivity contribution >= 4 is 49.0 Å². The van der Waals surface area contributed by atoms with E-state index in [2.05, 4.69) is 20.9 Å². The van der Waals surface area contributed by atoms with E-state index in [1.54, 1.807) is 0 Å². The molecule has 0 saturated carbocycles. The van der Waals surface area contributed by atoms with Crippen LogP contribution in [-0.4, -0.2) is 24.2 Å². The van der Waals surface area contributed by atoms with Crippen molar-refractivity contribution in [2.24, 2.45) is 0 Å². The fourth-order valence-electron chi connectivity index (χ4n) is 3.08. The lowest BCUT2D eigenvalue weighted by atomic mass is 10.1. The van der Waals surface area contributed by atoms with Gasteiger partial charge in [0.2, 0.25) is 5.95 Å². The molecule has 38 heavy (non-hydrogen) atoms. The molecule has 3 rings (SSSR count). The van der Waals surface area contributed by atoms with E-state index in [1.807, 2.05) is 5.32 Å². The fourth-order valence-corrected chi connectivity index (χ4v) is 4.55. The van der Waals surface area contributed by atoms with Gasteiger partial charge >= 0.3 is 18.5 Å². The van der Waals surface area contributed by atoms with Gasteiger partial charge in [-0.2, -0.15) is 39.5 Å². The molecule has 0 unspecified atom stereocenters. The number of sulfone groups is 1. The first-order valence-electron chi connectivity index (χ1n) is 9.57. The molecular weight excluding hydrogens is 649 g/mol. The number of benzene rings is 2. The predicted octanol–water partition coefficient (Wildman–Crippen LogP) is 6.85. The molecule has 6 nitrogen and oxygen atoms in total. The van der Waals surface area contributed by atoms with E-state index in [-0.39, 0.29) is 17.0 Å². The summed E-state index contributed by atoms with van der Waals surface area (Å²) < 4.78 is 143. The number of halogens is 11. The second-order valence-corrected chi connectivity index (χ2v) is 10.7. The minimum Gasteiger partial charge on any atom is -0.325 e. The Morgan fingerprint density at radius 2 is 1.53 bits per heavy atom. The average molecular weight is 659 g/mol. The number of nitrogens with zero attached hydrogens (tertiary/aromatic N) is 2. The molecule has 2 aromatic carbocycles. The quantitative estimate of drug-likeness (QED) is 0.310. The highest BCUT2D eigenvalue weighted by Crippen LogP contribution is 2.41. The zero-order chi connectivity index (χ0) is 29.0. The topological polar surface area (TPSA) is 81.1 Å². The third-order valence-corrected chi connectivity index (χ3v) is 6.91. The normalized spacial score (nSPS) is 13.1. The summed E-state index contributed by atoms with van der Waals surface area (Å²) in [6.07, 6.45) is -15.1. The molecule has 1 aromatic heterocycles. The summed E-state index contributed by atoms with van der Waals surface area (Å²) in [5.41, 5.74) is -8.72. The van der Waals surface area contributed by atoms with Gasteiger partial charge in [-0.25, -0.2) is 18.0 Å². The van der Waals surface area contributed by atoms with E-state index in [0.717, 1.165) is 24.5 Å². The van der Waals surface area contributed by atoms with Crippen LogP contribution < -0.4 is 10.9 Å². The molecule has 1 heterocycles. The third-order valence-electron chi connectivity index (χ3n) is 4.78. The zero-order valence-corrected chi connectivity index (χ0v) is 21.3. The van der Waals surface area contributed by atoms with Crippen LogP contribution in [0.3, 0.4) is 0 Å². The number of nitrogens with one attached hydrogen (secondary N) is 1. The van der Waals surface area contributed by atoms with Crippen LogP contribution in [-0.2, 0) is 28.4 Å². The van der Waals surface area contributed by atoms with Crippen molar-refractivity contribution in [3.63, 3.8) is 0 Å². The monoisotopic (exact) mass is 657 g/mol. The Morgan fingerprint density at radius 3 is 2.00 bits per heavy atom. The molecule has 0 radical (unpaired) electrons. The number of aromatic nitrogens is 2. The molecule has 0 aliphatic heterocycles. The van der Waals surface area contributed by atoms with Gasteiger partial charge in [-0.15, -0.1) is 0 Å². The summed E-state index contributed by atoms with van der Waals surface area (Å²) in [4.78, 5) is 15.8. The molecule has 0 saturated heterocycles. The van der Waals surface area contributed by atoms with Crippen LogP contribution in [0, 0.1) is 0 Å². The minimum absolute atomic E-state index is 0.234. The van der Waals surface area contributed by atoms with Gasteiger partial charge in [0.25, 0.3) is 5.56 Å². The smallest absolute Gasteiger partial charge is 0.325 e. The van der Waals surface area contributed by atoms with Gasteiger partial charge < -0.3 is 5.32 Å². The van der Waals surface area contributed by atoms with Crippen LogP contribution in [0.5, 0.6) is 0 Å². The lowest BCUT2D eigenvalue weighted by Crippen LogP contribution is -2.28. The van der Waals surface area contributed by atoms with E-state index in [9.17, 15) is 52.7 Å². The van der Waals surface area contributed by atoms with E-state index < -0.39 is 77.6 Å². The van der Waals surface area contributed by atoms with Crippen LogP contribution in [0.2, 0.25) is 5.02 Å². The number of rotatable bonds is 4. The lowest BCUT2D eigenvalue weighted by molar-refractivity contribution is -0.143. The van der Waals surface area contributed by atoms with Gasteiger partial charge in [-0.05, 0) is 52.3 Å². The number of hydrogen-bond donors (Lipinski definition) is 1. The first-order chi connectivity index (χ1) is 17.1. The Balaban J connectivity index is 2.36. The molecule has 0 bridgehead atoms. The Hall–Kier alpha value is -2.79. The van der Waals surface area contributed by atoms with Crippen LogP contribution in [0.4, 0.5) is 51.1 Å². The number of alkyl halides is 9. The first kappa shape index (κ1) is 29.8. The molecule has 1 N–H and O–H groups in total. The maximum Gasteiger partial charge on any atom is 0.434 e. The van der Waals surface area contributed by atoms with Gasteiger partial charge in [-0.3, -0.25) is 4.79 Å². The number of hydrogen-bond acceptors (Lipinski definition) is 5. The molecule has 0 aliphatic carbocycles. The molecule has 0 spiro atoms. The van der Waals surface area contributed by atoms with Crippen molar-refractivity contribution in [2.45, 2.75) is 23.4 Å². The van der Waals surface area contributed by atoms with E-state index in [0.29, 0.717) is 10.6 Å². The van der Waals surface area contributed by atoms with E-state index >= 15 is 0 Å². The second-order valence-electron chi connectivity index (χ2n) is 7.50. The van der Waals surface area contributed by atoms with Crippen LogP contribution >= 0.6 is 27.5 Å². The Kier molecular flexibility index (Phi) is 7.64. The summed E-state index contributed by atoms with van der Waals surface area (Å²) in [7, 11) is -3.84. The lowest BCUT2D eigenvalue weighted by Gasteiger charge is -2.21. The van der Waals surface area contributed by atoms with Crippen molar-refractivity contribution in [3.05, 3.63) is 73.1 Å². The summed E-state index contributed by atoms with van der Waals surface area (Å²) in [6.45, 7) is 0. The fraction of sp³-hybridized carbons (Fsp3) is 0.200. The SMILES string of the molecule is CS(=O)(=O)c1ccc(-n2c(Nc3ccc(C(F)(F)F)cc3C(F)(F)F)nc(C(F)(F)F)c(Br)c2=O)c(Cl)c1. The molecule has 0 atom stereocenters. The average Bonchev–Trinajstić information content (AvgIpc) is 2.74. The molecule has 3 aromatic rings. The van der Waals surface area contributed by atoms with Crippen molar-refractivity contribution in [1.82, 2.24) is 9.55 Å². The van der Waals surface area contributed by atoms with Crippen LogP contribution in [0.25, 0.3) is 5.69 Å². The predicted molar refractivity (Wildman–Crippen MR) is 120 cm³/mol. The zero-order valence-electron chi connectivity index (χ0n) is 18.1. The van der Waals surface area contributed by atoms with E-state index in [1.165, 1.54) is 0 Å². The van der Waals surface area contributed by atoms with Crippen LogP contribution in [0.1, 0.15) is 16.8 Å². The molecular formula is C20H10BrClF9N3O3S. The van der Waals surface area contributed by atoms with Crippen molar-refractivity contribution in [1.29, 1.82) is 0 Å². The highest BCUT2D eigenvalue weighted by atomic mass is 79.9. The highest BCUT2D eigenvalue weighted by molar-refractivity contribution is 9.10. The second kappa shape index (κ2) is 9.75. The molecule has 0 fully saturated rings. The standard InChI is InChI=1S/C20H10BrClF9N3O3S/c1-38(36,37)9-3-5-13(11(22)7-9)34-16(35)14(21)15(20(29,30)31)33-17(34)32-12-4-2-8(18(23,24)25)6-10(12)19(26,27)28/h2-7H,1H3,(H,32,33). The largest absolute Gasteiger partial charge is 0.434 e. The minimum atomic E-state index is -5.42. The van der Waals surface area contributed by atoms with E-state index in [4.69, 9.17) is 11.6 Å². The Labute approximate surface area is 220 Å². The van der Waals surface area contributed by atoms with Gasteiger partial charge in [0.1, 0.15) is 4.47 Å². The molecule has 18 heteroatoms. The highest BCUT2D eigenvalue weighted by Gasteiger charge is 2.40. The number of anilines is 2. The molecule has 0 amide bonds. The van der Waals surface area contributed by atoms with Gasteiger partial charge in [0.15, 0.2) is 15.5 Å². The summed E-state index contributed by atoms with van der Waals surface area (Å²) in [5.74, 6) is -1.22. The summed E-state index contributed by atoms with van der Waals surface area (Å²) >= 11 is 8.50.